The van der Waals surface area contributed by atoms with Gasteiger partial charge in [0, 0.05) is 55.4 Å². The molecule has 2 aromatic heterocycles. The van der Waals surface area contributed by atoms with Crippen molar-refractivity contribution in [1.29, 1.82) is 0 Å². The smallest absolute Gasteiger partial charge is 0.127 e. The summed E-state index contributed by atoms with van der Waals surface area (Å²) >= 11 is 1.78. The summed E-state index contributed by atoms with van der Waals surface area (Å²) in [6, 6.07) is 11.3. The number of nitrogens with zero attached hydrogens (tertiary/aromatic N) is 3. The highest BCUT2D eigenvalue weighted by molar-refractivity contribution is 7.15. The van der Waals surface area contributed by atoms with E-state index in [4.69, 9.17) is 0 Å². The van der Waals surface area contributed by atoms with Crippen LogP contribution in [0.2, 0.25) is 0 Å². The van der Waals surface area contributed by atoms with Crippen LogP contribution in [0.4, 0.5) is 4.39 Å². The molecule has 4 rings (SSSR count). The third-order valence-electron chi connectivity index (χ3n) is 4.66. The molecule has 1 unspecified atom stereocenters. The van der Waals surface area contributed by atoms with Gasteiger partial charge in [-0.05, 0) is 29.8 Å². The van der Waals surface area contributed by atoms with Gasteiger partial charge in [-0.2, -0.15) is 0 Å². The van der Waals surface area contributed by atoms with Crippen molar-refractivity contribution in [3.05, 3.63) is 65.3 Å². The summed E-state index contributed by atoms with van der Waals surface area (Å²) in [6.07, 6.45) is 3.86. The highest BCUT2D eigenvalue weighted by Crippen LogP contribution is 2.31. The van der Waals surface area contributed by atoms with Crippen molar-refractivity contribution in [2.24, 2.45) is 7.05 Å². The number of halogens is 1. The van der Waals surface area contributed by atoms with E-state index in [0.29, 0.717) is 0 Å². The van der Waals surface area contributed by atoms with Crippen LogP contribution in [-0.4, -0.2) is 34.1 Å². The number of aromatic nitrogens is 2. The summed E-state index contributed by atoms with van der Waals surface area (Å²) in [5.74, 6) is 0.904. The molecular weight excluding hydrogens is 335 g/mol. The molecule has 1 N–H and O–H groups in total. The minimum atomic E-state index is -0.195. The Kier molecular flexibility index (Phi) is 4.65. The standard InChI is InChI=1S/C19H21FN4S/c1-23-10-9-22-19(23)17-12-21-8-11-24(17)13-16-6-7-18(25-16)14-2-4-15(20)5-3-14/h2-7,9-10,17,21H,8,11-13H2,1H3. The van der Waals surface area contributed by atoms with E-state index in [9.17, 15) is 4.39 Å². The Balaban J connectivity index is 1.52. The molecule has 3 heterocycles. The lowest BCUT2D eigenvalue weighted by Crippen LogP contribution is -2.46. The maximum absolute atomic E-state index is 13.1. The molecule has 0 saturated carbocycles. The van der Waals surface area contributed by atoms with Crippen molar-refractivity contribution in [3.63, 3.8) is 0 Å². The number of benzene rings is 1. The maximum atomic E-state index is 13.1. The van der Waals surface area contributed by atoms with Gasteiger partial charge >= 0.3 is 0 Å². The van der Waals surface area contributed by atoms with Crippen LogP contribution in [0.25, 0.3) is 10.4 Å². The number of imidazole rings is 1. The van der Waals surface area contributed by atoms with Gasteiger partial charge in [-0.3, -0.25) is 4.90 Å². The Hall–Kier alpha value is -2.02. The topological polar surface area (TPSA) is 33.1 Å². The van der Waals surface area contributed by atoms with Crippen LogP contribution >= 0.6 is 11.3 Å². The number of hydrogen-bond acceptors (Lipinski definition) is 4. The van der Waals surface area contributed by atoms with Crippen LogP contribution in [0.5, 0.6) is 0 Å². The van der Waals surface area contributed by atoms with Crippen molar-refractivity contribution >= 4 is 11.3 Å². The molecule has 1 saturated heterocycles. The molecule has 0 aliphatic carbocycles. The van der Waals surface area contributed by atoms with Gasteiger partial charge in [0.2, 0.25) is 0 Å². The molecule has 0 radical (unpaired) electrons. The normalized spacial score (nSPS) is 18.6. The SMILES string of the molecule is Cn1ccnc1C1CNCCN1Cc1ccc(-c2ccc(F)cc2)s1. The highest BCUT2D eigenvalue weighted by atomic mass is 32.1. The van der Waals surface area contributed by atoms with Crippen LogP contribution in [0.1, 0.15) is 16.7 Å². The van der Waals surface area contributed by atoms with E-state index in [0.717, 1.165) is 37.6 Å². The summed E-state index contributed by atoms with van der Waals surface area (Å²) in [4.78, 5) is 9.53. The van der Waals surface area contributed by atoms with E-state index in [1.54, 1.807) is 11.3 Å². The second kappa shape index (κ2) is 7.07. The Labute approximate surface area is 150 Å². The molecule has 6 heteroatoms. The molecule has 1 atom stereocenters. The Morgan fingerprint density at radius 3 is 2.84 bits per heavy atom. The summed E-state index contributed by atoms with van der Waals surface area (Å²) < 4.78 is 15.2. The predicted octanol–water partition coefficient (Wildman–Crippen LogP) is 3.43. The van der Waals surface area contributed by atoms with E-state index < -0.39 is 0 Å². The number of nitrogens with one attached hydrogen (secondary N) is 1. The van der Waals surface area contributed by atoms with E-state index in [1.165, 1.54) is 21.9 Å². The minimum absolute atomic E-state index is 0.195. The van der Waals surface area contributed by atoms with Crippen molar-refractivity contribution in [2.45, 2.75) is 12.6 Å². The van der Waals surface area contributed by atoms with Crippen LogP contribution in [0.15, 0.2) is 48.8 Å². The lowest BCUT2D eigenvalue weighted by molar-refractivity contribution is 0.146. The molecule has 3 aromatic rings. The molecule has 1 aliphatic heterocycles. The fraction of sp³-hybridized carbons (Fsp3) is 0.316. The average Bonchev–Trinajstić information content (AvgIpc) is 3.25. The second-order valence-corrected chi connectivity index (χ2v) is 7.53. The van der Waals surface area contributed by atoms with Gasteiger partial charge in [-0.25, -0.2) is 9.37 Å². The van der Waals surface area contributed by atoms with Crippen LogP contribution in [0, 0.1) is 5.82 Å². The summed E-state index contributed by atoms with van der Waals surface area (Å²) in [7, 11) is 2.05. The lowest BCUT2D eigenvalue weighted by atomic mass is 10.1. The van der Waals surface area contributed by atoms with Gasteiger partial charge in [0.05, 0.1) is 6.04 Å². The third-order valence-corrected chi connectivity index (χ3v) is 5.78. The average molecular weight is 356 g/mol. The van der Waals surface area contributed by atoms with Crippen LogP contribution in [-0.2, 0) is 13.6 Å². The lowest BCUT2D eigenvalue weighted by Gasteiger charge is -2.35. The summed E-state index contributed by atoms with van der Waals surface area (Å²) in [6.45, 7) is 3.82. The fourth-order valence-corrected chi connectivity index (χ4v) is 4.36. The molecule has 0 spiro atoms. The third kappa shape index (κ3) is 3.51. The monoisotopic (exact) mass is 356 g/mol. The van der Waals surface area contributed by atoms with E-state index in [1.807, 2.05) is 31.6 Å². The molecule has 25 heavy (non-hydrogen) atoms. The van der Waals surface area contributed by atoms with Gasteiger partial charge in [0.1, 0.15) is 11.6 Å². The second-order valence-electron chi connectivity index (χ2n) is 6.36. The molecule has 0 bridgehead atoms. The van der Waals surface area contributed by atoms with Gasteiger partial charge in [0.25, 0.3) is 0 Å². The zero-order valence-electron chi connectivity index (χ0n) is 14.2. The number of thiophene rings is 1. The number of aryl methyl sites for hydroxylation is 1. The maximum Gasteiger partial charge on any atom is 0.127 e. The largest absolute Gasteiger partial charge is 0.337 e. The van der Waals surface area contributed by atoms with Crippen molar-refractivity contribution in [3.8, 4) is 10.4 Å². The predicted molar refractivity (Wildman–Crippen MR) is 98.9 cm³/mol. The molecule has 4 nitrogen and oxygen atoms in total. The summed E-state index contributed by atoms with van der Waals surface area (Å²) in [5.41, 5.74) is 1.07. The number of rotatable bonds is 4. The summed E-state index contributed by atoms with van der Waals surface area (Å²) in [5, 5.41) is 3.48. The van der Waals surface area contributed by atoms with E-state index in [-0.39, 0.29) is 11.9 Å². The zero-order chi connectivity index (χ0) is 17.2. The first kappa shape index (κ1) is 16.4. The quantitative estimate of drug-likeness (QED) is 0.777. The first-order valence-electron chi connectivity index (χ1n) is 8.47. The Morgan fingerprint density at radius 2 is 2.08 bits per heavy atom. The molecule has 1 aromatic carbocycles. The minimum Gasteiger partial charge on any atom is -0.337 e. The van der Waals surface area contributed by atoms with Crippen LogP contribution in [0.3, 0.4) is 0 Å². The van der Waals surface area contributed by atoms with E-state index in [2.05, 4.69) is 31.9 Å². The highest BCUT2D eigenvalue weighted by Gasteiger charge is 2.27. The van der Waals surface area contributed by atoms with E-state index >= 15 is 0 Å². The number of hydrogen-bond donors (Lipinski definition) is 1. The Morgan fingerprint density at radius 1 is 1.24 bits per heavy atom. The van der Waals surface area contributed by atoms with Crippen molar-refractivity contribution < 1.29 is 4.39 Å². The van der Waals surface area contributed by atoms with Crippen molar-refractivity contribution in [2.75, 3.05) is 19.6 Å². The first-order valence-corrected chi connectivity index (χ1v) is 9.29. The van der Waals surface area contributed by atoms with Crippen LogP contribution < -0.4 is 5.32 Å². The fourth-order valence-electron chi connectivity index (χ4n) is 3.32. The molecule has 130 valence electrons. The molecule has 0 amide bonds. The van der Waals surface area contributed by atoms with Gasteiger partial charge in [0.15, 0.2) is 0 Å². The zero-order valence-corrected chi connectivity index (χ0v) is 15.0. The Bertz CT molecular complexity index is 839. The van der Waals surface area contributed by atoms with Gasteiger partial charge < -0.3 is 9.88 Å². The molecule has 1 fully saturated rings. The number of piperazine rings is 1. The van der Waals surface area contributed by atoms with Gasteiger partial charge in [-0.15, -0.1) is 11.3 Å². The van der Waals surface area contributed by atoms with Gasteiger partial charge in [-0.1, -0.05) is 12.1 Å². The molecular formula is C19H21FN4S. The molecule has 1 aliphatic rings. The first-order chi connectivity index (χ1) is 12.2. The van der Waals surface area contributed by atoms with Crippen molar-refractivity contribution in [1.82, 2.24) is 19.8 Å².